The zero-order chi connectivity index (χ0) is 34.0. The van der Waals surface area contributed by atoms with Gasteiger partial charge in [0.2, 0.25) is 11.8 Å². The summed E-state index contributed by atoms with van der Waals surface area (Å²) in [7, 11) is -1.70. The van der Waals surface area contributed by atoms with Gasteiger partial charge in [-0.05, 0) is 66.1 Å². The maximum atomic E-state index is 14.4. The van der Waals surface area contributed by atoms with E-state index in [4.69, 9.17) is 9.47 Å². The molecule has 47 heavy (non-hydrogen) atoms. The molecule has 0 fully saturated rings. The fraction of sp³-hybridized carbons (Fsp3) is 0.257. The van der Waals surface area contributed by atoms with Crippen LogP contribution in [0.2, 0.25) is 0 Å². The number of anilines is 1. The van der Waals surface area contributed by atoms with Crippen LogP contribution >= 0.6 is 0 Å². The van der Waals surface area contributed by atoms with Crippen LogP contribution in [0.3, 0.4) is 0 Å². The molecule has 0 saturated carbocycles. The summed E-state index contributed by atoms with van der Waals surface area (Å²) in [4.78, 5) is 29.2. The van der Waals surface area contributed by atoms with E-state index in [2.05, 4.69) is 5.32 Å². The highest BCUT2D eigenvalue weighted by atomic mass is 32.2. The number of methoxy groups -OCH3 is 2. The van der Waals surface area contributed by atoms with Gasteiger partial charge in [0.25, 0.3) is 10.0 Å². The highest BCUT2D eigenvalue weighted by Gasteiger charge is 2.35. The number of ether oxygens (including phenoxy) is 2. The molecule has 0 heterocycles. The van der Waals surface area contributed by atoms with E-state index in [0.717, 1.165) is 22.0 Å². The molecule has 0 radical (unpaired) electrons. The summed E-state index contributed by atoms with van der Waals surface area (Å²) < 4.78 is 67.6. The number of sulfonamides is 1. The van der Waals surface area contributed by atoms with E-state index >= 15 is 0 Å². The predicted octanol–water partition coefficient (Wildman–Crippen LogP) is 5.34. The number of benzene rings is 4. The summed E-state index contributed by atoms with van der Waals surface area (Å²) in [6, 6.07) is 22.2. The van der Waals surface area contributed by atoms with Crippen LogP contribution in [0.25, 0.3) is 0 Å². The minimum atomic E-state index is -4.47. The number of nitrogens with one attached hydrogen (secondary N) is 1. The first-order valence-electron chi connectivity index (χ1n) is 14.9. The molecule has 4 aromatic carbocycles. The Kier molecular flexibility index (Phi) is 11.9. The lowest BCUT2D eigenvalue weighted by Gasteiger charge is -2.34. The Morgan fingerprint density at radius 1 is 0.809 bits per heavy atom. The molecule has 2 amide bonds. The average molecular weight is 666 g/mol. The van der Waals surface area contributed by atoms with Gasteiger partial charge >= 0.3 is 0 Å². The molecule has 0 aromatic heterocycles. The number of amides is 2. The van der Waals surface area contributed by atoms with Gasteiger partial charge in [0.1, 0.15) is 24.2 Å². The van der Waals surface area contributed by atoms with E-state index in [9.17, 15) is 26.8 Å². The fourth-order valence-electron chi connectivity index (χ4n) is 4.95. The number of carbonyl (C=O) groups is 2. The lowest BCUT2D eigenvalue weighted by Crippen LogP contribution is -2.53. The van der Waals surface area contributed by atoms with Gasteiger partial charge in [-0.1, -0.05) is 49.4 Å². The average Bonchev–Trinajstić information content (AvgIpc) is 3.08. The largest absolute Gasteiger partial charge is 0.493 e. The van der Waals surface area contributed by atoms with Gasteiger partial charge in [-0.15, -0.1) is 0 Å². The molecule has 12 heteroatoms. The molecule has 248 valence electrons. The molecule has 0 aliphatic rings. The quantitative estimate of drug-likeness (QED) is 0.184. The summed E-state index contributed by atoms with van der Waals surface area (Å²) in [5.41, 5.74) is 1.32. The molecule has 0 spiro atoms. The highest BCUT2D eigenvalue weighted by Crippen LogP contribution is 2.32. The predicted molar refractivity (Wildman–Crippen MR) is 175 cm³/mol. The summed E-state index contributed by atoms with van der Waals surface area (Å²) in [5, 5.41) is 2.86. The van der Waals surface area contributed by atoms with Crippen molar-refractivity contribution in [3.05, 3.63) is 120 Å². The Balaban J connectivity index is 1.81. The molecule has 4 rings (SSSR count). The monoisotopic (exact) mass is 665 g/mol. The molecule has 4 aromatic rings. The Morgan fingerprint density at radius 3 is 2.02 bits per heavy atom. The Labute approximate surface area is 273 Å². The number of halogens is 2. The molecular weight excluding hydrogens is 628 g/mol. The molecule has 0 unspecified atom stereocenters. The van der Waals surface area contributed by atoms with Crippen molar-refractivity contribution in [2.24, 2.45) is 0 Å². The fourth-order valence-corrected chi connectivity index (χ4v) is 6.38. The molecule has 9 nitrogen and oxygen atoms in total. The minimum absolute atomic E-state index is 0.0197. The molecule has 1 atom stereocenters. The SMILES string of the molecule is CCCNC(=O)[C@H](Cc1ccccc1)N(Cc1ccc(F)cc1)C(=O)CN(c1ccc(F)cc1)S(=O)(=O)c1ccc(OC)c(OC)c1. The molecule has 0 bridgehead atoms. The van der Waals surface area contributed by atoms with E-state index in [-0.39, 0.29) is 29.3 Å². The van der Waals surface area contributed by atoms with Crippen molar-refractivity contribution < 1.29 is 36.3 Å². The van der Waals surface area contributed by atoms with Gasteiger partial charge in [0.05, 0.1) is 24.8 Å². The number of carbonyl (C=O) groups excluding carboxylic acids is 2. The number of rotatable bonds is 15. The van der Waals surface area contributed by atoms with Crippen molar-refractivity contribution in [1.29, 1.82) is 0 Å². The maximum Gasteiger partial charge on any atom is 0.264 e. The highest BCUT2D eigenvalue weighted by molar-refractivity contribution is 7.92. The third-order valence-corrected chi connectivity index (χ3v) is 9.19. The number of nitrogens with zero attached hydrogens (tertiary/aromatic N) is 2. The van der Waals surface area contributed by atoms with Crippen molar-refractivity contribution in [3.63, 3.8) is 0 Å². The van der Waals surface area contributed by atoms with Crippen LogP contribution in [0.15, 0.2) is 102 Å². The van der Waals surface area contributed by atoms with Crippen LogP contribution < -0.4 is 19.1 Å². The van der Waals surface area contributed by atoms with E-state index in [1.165, 1.54) is 73.7 Å². The topological polar surface area (TPSA) is 105 Å². The van der Waals surface area contributed by atoms with Gasteiger partial charge in [-0.3, -0.25) is 13.9 Å². The van der Waals surface area contributed by atoms with E-state index in [1.807, 2.05) is 37.3 Å². The molecule has 0 aliphatic heterocycles. The Morgan fingerprint density at radius 2 is 1.43 bits per heavy atom. The third-order valence-electron chi connectivity index (χ3n) is 7.42. The van der Waals surface area contributed by atoms with E-state index in [1.54, 1.807) is 0 Å². The maximum absolute atomic E-state index is 14.4. The number of hydrogen-bond donors (Lipinski definition) is 1. The van der Waals surface area contributed by atoms with Gasteiger partial charge in [-0.2, -0.15) is 0 Å². The van der Waals surface area contributed by atoms with Crippen molar-refractivity contribution >= 4 is 27.5 Å². The van der Waals surface area contributed by atoms with Crippen LogP contribution in [0.1, 0.15) is 24.5 Å². The van der Waals surface area contributed by atoms with Gasteiger partial charge < -0.3 is 19.7 Å². The zero-order valence-corrected chi connectivity index (χ0v) is 27.2. The lowest BCUT2D eigenvalue weighted by atomic mass is 10.0. The molecular formula is C35H37F2N3O6S. The van der Waals surface area contributed by atoms with E-state index < -0.39 is 46.1 Å². The van der Waals surface area contributed by atoms with Crippen molar-refractivity contribution in [3.8, 4) is 11.5 Å². The van der Waals surface area contributed by atoms with Gasteiger partial charge in [0, 0.05) is 25.6 Å². The first-order chi connectivity index (χ1) is 22.6. The second kappa shape index (κ2) is 16.0. The lowest BCUT2D eigenvalue weighted by molar-refractivity contribution is -0.140. The normalized spacial score (nSPS) is 11.8. The smallest absolute Gasteiger partial charge is 0.264 e. The van der Waals surface area contributed by atoms with Crippen LogP contribution in [0.5, 0.6) is 11.5 Å². The van der Waals surface area contributed by atoms with Gasteiger partial charge in [0.15, 0.2) is 11.5 Å². The first kappa shape index (κ1) is 34.9. The Bertz CT molecular complexity index is 1750. The molecule has 1 N–H and O–H groups in total. The van der Waals surface area contributed by atoms with E-state index in [0.29, 0.717) is 24.3 Å². The van der Waals surface area contributed by atoms with Crippen molar-refractivity contribution in [2.45, 2.75) is 37.2 Å². The summed E-state index contributed by atoms with van der Waals surface area (Å²) in [6.45, 7) is 1.39. The van der Waals surface area contributed by atoms with Crippen molar-refractivity contribution in [2.75, 3.05) is 31.6 Å². The van der Waals surface area contributed by atoms with Crippen LogP contribution in [0.4, 0.5) is 14.5 Å². The second-order valence-corrected chi connectivity index (χ2v) is 12.5. The minimum Gasteiger partial charge on any atom is -0.493 e. The van der Waals surface area contributed by atoms with Crippen LogP contribution in [-0.4, -0.2) is 58.5 Å². The zero-order valence-electron chi connectivity index (χ0n) is 26.4. The summed E-state index contributed by atoms with van der Waals surface area (Å²) in [5.74, 6) is -1.78. The van der Waals surface area contributed by atoms with Gasteiger partial charge in [-0.25, -0.2) is 17.2 Å². The standard InChI is InChI=1S/C35H37F2N3O6S/c1-4-20-38-35(42)31(21-25-8-6-5-7-9-25)39(23-26-10-12-27(36)13-11-26)34(41)24-40(29-16-14-28(37)15-17-29)47(43,44)30-18-19-32(45-2)33(22-30)46-3/h5-19,22,31H,4,20-21,23-24H2,1-3H3,(H,38,42)/t31-/m0/s1. The second-order valence-electron chi connectivity index (χ2n) is 10.6. The molecule has 0 aliphatic carbocycles. The van der Waals surface area contributed by atoms with Crippen LogP contribution in [-0.2, 0) is 32.6 Å². The van der Waals surface area contributed by atoms with Crippen molar-refractivity contribution in [1.82, 2.24) is 10.2 Å². The third kappa shape index (κ3) is 8.85. The first-order valence-corrected chi connectivity index (χ1v) is 16.4. The summed E-state index contributed by atoms with van der Waals surface area (Å²) >= 11 is 0. The molecule has 0 saturated heterocycles. The summed E-state index contributed by atoms with van der Waals surface area (Å²) in [6.07, 6.45) is 0.778. The Hall–Kier alpha value is -4.97. The number of hydrogen-bond acceptors (Lipinski definition) is 6. The van der Waals surface area contributed by atoms with Crippen LogP contribution in [0, 0.1) is 11.6 Å².